The number of ether oxygens (including phenoxy) is 1. The molecule has 0 amide bonds. The van der Waals surface area contributed by atoms with Crippen LogP contribution in [-0.4, -0.2) is 11.1 Å². The Labute approximate surface area is 99.3 Å². The molecule has 0 heterocycles. The van der Waals surface area contributed by atoms with Crippen LogP contribution in [0.5, 0.6) is 5.75 Å². The summed E-state index contributed by atoms with van der Waals surface area (Å²) in [6.07, 6.45) is 0. The Kier molecular flexibility index (Phi) is 3.40. The van der Waals surface area contributed by atoms with E-state index in [1.165, 1.54) is 0 Å². The van der Waals surface area contributed by atoms with E-state index >= 15 is 0 Å². The molecule has 0 saturated carbocycles. The van der Waals surface area contributed by atoms with Gasteiger partial charge in [-0.3, -0.25) is 0 Å². The first-order chi connectivity index (χ1) is 8.25. The van der Waals surface area contributed by atoms with Crippen LogP contribution in [0.2, 0.25) is 0 Å². The molecule has 2 aromatic rings. The molecule has 0 unspecified atom stereocenters. The molecule has 2 rings (SSSR count). The van der Waals surface area contributed by atoms with E-state index in [0.29, 0.717) is 5.56 Å². The van der Waals surface area contributed by atoms with Gasteiger partial charge in [0.1, 0.15) is 12.4 Å². The van der Waals surface area contributed by atoms with E-state index in [4.69, 9.17) is 4.74 Å². The van der Waals surface area contributed by atoms with Gasteiger partial charge in [-0.2, -0.15) is 0 Å². The summed E-state index contributed by atoms with van der Waals surface area (Å²) in [4.78, 5) is 11.6. The second kappa shape index (κ2) is 5.16. The summed E-state index contributed by atoms with van der Waals surface area (Å²) in [7, 11) is 0. The molecule has 0 atom stereocenters. The molecule has 17 heavy (non-hydrogen) atoms. The van der Waals surface area contributed by atoms with Crippen molar-refractivity contribution < 1.29 is 14.6 Å². The van der Waals surface area contributed by atoms with Crippen molar-refractivity contribution >= 4 is 5.97 Å². The van der Waals surface area contributed by atoms with Crippen LogP contribution in [0.15, 0.2) is 54.6 Å². The van der Waals surface area contributed by atoms with Crippen LogP contribution in [0.1, 0.15) is 15.9 Å². The minimum Gasteiger partial charge on any atom is -0.508 e. The average molecular weight is 228 g/mol. The number of hydrogen-bond acceptors (Lipinski definition) is 3. The van der Waals surface area contributed by atoms with Crippen molar-refractivity contribution in [1.82, 2.24) is 0 Å². The van der Waals surface area contributed by atoms with Gasteiger partial charge in [-0.25, -0.2) is 4.79 Å². The second-order valence-corrected chi connectivity index (χ2v) is 3.61. The van der Waals surface area contributed by atoms with E-state index in [9.17, 15) is 9.90 Å². The Morgan fingerprint density at radius 1 is 1.06 bits per heavy atom. The highest BCUT2D eigenvalue weighted by molar-refractivity contribution is 5.89. The molecule has 0 saturated heterocycles. The molecule has 2 aromatic carbocycles. The van der Waals surface area contributed by atoms with Crippen LogP contribution in [-0.2, 0) is 11.3 Å². The number of phenols is 1. The van der Waals surface area contributed by atoms with Gasteiger partial charge in [0, 0.05) is 0 Å². The van der Waals surface area contributed by atoms with Crippen LogP contribution in [0.25, 0.3) is 0 Å². The topological polar surface area (TPSA) is 46.5 Å². The van der Waals surface area contributed by atoms with E-state index in [2.05, 4.69) is 0 Å². The summed E-state index contributed by atoms with van der Waals surface area (Å²) in [6, 6.07) is 15.4. The Hall–Kier alpha value is -2.29. The Morgan fingerprint density at radius 2 is 1.82 bits per heavy atom. The van der Waals surface area contributed by atoms with Crippen molar-refractivity contribution in [2.45, 2.75) is 6.61 Å². The highest BCUT2D eigenvalue weighted by Crippen LogP contribution is 2.12. The molecule has 0 spiro atoms. The van der Waals surface area contributed by atoms with Gasteiger partial charge in [-0.05, 0) is 29.8 Å². The normalized spacial score (nSPS) is 9.88. The molecule has 0 aliphatic rings. The lowest BCUT2D eigenvalue weighted by atomic mass is 10.2. The first-order valence-corrected chi connectivity index (χ1v) is 5.26. The summed E-state index contributed by atoms with van der Waals surface area (Å²) >= 11 is 0. The Bertz CT molecular complexity index is 506. The molecule has 0 aliphatic carbocycles. The quantitative estimate of drug-likeness (QED) is 0.821. The van der Waals surface area contributed by atoms with Gasteiger partial charge in [-0.1, -0.05) is 30.3 Å². The summed E-state index contributed by atoms with van der Waals surface area (Å²) in [6.45, 7) is 0.155. The fourth-order valence-corrected chi connectivity index (χ4v) is 1.45. The first kappa shape index (κ1) is 11.2. The van der Waals surface area contributed by atoms with Gasteiger partial charge in [0.25, 0.3) is 0 Å². The maximum absolute atomic E-state index is 11.6. The Morgan fingerprint density at radius 3 is 2.53 bits per heavy atom. The van der Waals surface area contributed by atoms with Gasteiger partial charge in [0.05, 0.1) is 5.56 Å². The van der Waals surface area contributed by atoms with Gasteiger partial charge in [0.15, 0.2) is 0 Å². The van der Waals surface area contributed by atoms with Crippen molar-refractivity contribution in [3.63, 3.8) is 0 Å². The third-order valence-corrected chi connectivity index (χ3v) is 2.29. The molecule has 0 fully saturated rings. The summed E-state index contributed by atoms with van der Waals surface area (Å²) < 4.78 is 5.12. The molecule has 3 nitrogen and oxygen atoms in total. The molecule has 86 valence electrons. The monoisotopic (exact) mass is 228 g/mol. The standard InChI is InChI=1S/C14H12O3/c15-13-8-4-5-11(9-13)10-17-14(16)12-6-2-1-3-7-12/h1-9,15H,10H2. The van der Waals surface area contributed by atoms with Crippen LogP contribution < -0.4 is 0 Å². The van der Waals surface area contributed by atoms with Crippen molar-refractivity contribution in [3.05, 3.63) is 65.7 Å². The number of benzene rings is 2. The molecule has 0 radical (unpaired) electrons. The number of phenolic OH excluding ortho intramolecular Hbond substituents is 1. The van der Waals surface area contributed by atoms with E-state index in [0.717, 1.165) is 5.56 Å². The molecule has 0 aliphatic heterocycles. The third-order valence-electron chi connectivity index (χ3n) is 2.29. The molecule has 0 bridgehead atoms. The van der Waals surface area contributed by atoms with Gasteiger partial charge in [-0.15, -0.1) is 0 Å². The van der Waals surface area contributed by atoms with Gasteiger partial charge >= 0.3 is 5.97 Å². The first-order valence-electron chi connectivity index (χ1n) is 5.26. The number of aromatic hydroxyl groups is 1. The van der Waals surface area contributed by atoms with Crippen LogP contribution in [0, 0.1) is 0 Å². The average Bonchev–Trinajstić information content (AvgIpc) is 2.37. The fourth-order valence-electron chi connectivity index (χ4n) is 1.45. The summed E-state index contributed by atoms with van der Waals surface area (Å²) in [5.74, 6) is -0.202. The molecular weight excluding hydrogens is 216 g/mol. The molecule has 1 N–H and O–H groups in total. The molecular formula is C14H12O3. The van der Waals surface area contributed by atoms with Crippen molar-refractivity contribution in [3.8, 4) is 5.75 Å². The lowest BCUT2D eigenvalue weighted by molar-refractivity contribution is 0.0472. The van der Waals surface area contributed by atoms with Gasteiger partial charge in [0.2, 0.25) is 0 Å². The van der Waals surface area contributed by atoms with Crippen LogP contribution in [0.3, 0.4) is 0 Å². The molecule has 0 aromatic heterocycles. The number of carbonyl (C=O) groups is 1. The zero-order valence-electron chi connectivity index (χ0n) is 9.17. The van der Waals surface area contributed by atoms with E-state index in [-0.39, 0.29) is 18.3 Å². The highest BCUT2D eigenvalue weighted by Gasteiger charge is 2.06. The minimum atomic E-state index is -0.367. The molecule has 3 heteroatoms. The summed E-state index contributed by atoms with van der Waals surface area (Å²) in [5, 5.41) is 9.25. The van der Waals surface area contributed by atoms with Crippen molar-refractivity contribution in [1.29, 1.82) is 0 Å². The third kappa shape index (κ3) is 3.08. The van der Waals surface area contributed by atoms with E-state index < -0.39 is 0 Å². The predicted molar refractivity (Wildman–Crippen MR) is 63.7 cm³/mol. The number of hydrogen-bond donors (Lipinski definition) is 1. The smallest absolute Gasteiger partial charge is 0.338 e. The van der Waals surface area contributed by atoms with Gasteiger partial charge < -0.3 is 9.84 Å². The minimum absolute atomic E-state index is 0.155. The lowest BCUT2D eigenvalue weighted by Crippen LogP contribution is -2.04. The summed E-state index contributed by atoms with van der Waals surface area (Å²) in [5.41, 5.74) is 1.28. The SMILES string of the molecule is O=C(OCc1cccc(O)c1)c1ccccc1. The maximum atomic E-state index is 11.6. The van der Waals surface area contributed by atoms with Crippen LogP contribution >= 0.6 is 0 Å². The van der Waals surface area contributed by atoms with Crippen LogP contribution in [0.4, 0.5) is 0 Å². The lowest BCUT2D eigenvalue weighted by Gasteiger charge is -2.05. The zero-order chi connectivity index (χ0) is 12.1. The maximum Gasteiger partial charge on any atom is 0.338 e. The number of rotatable bonds is 3. The number of carbonyl (C=O) groups excluding carboxylic acids is 1. The highest BCUT2D eigenvalue weighted by atomic mass is 16.5. The predicted octanol–water partition coefficient (Wildman–Crippen LogP) is 2.75. The van der Waals surface area contributed by atoms with E-state index in [1.807, 2.05) is 6.07 Å². The second-order valence-electron chi connectivity index (χ2n) is 3.61. The fraction of sp³-hybridized carbons (Fsp3) is 0.0714. The Balaban J connectivity index is 1.97. The number of esters is 1. The van der Waals surface area contributed by atoms with Crippen molar-refractivity contribution in [2.75, 3.05) is 0 Å². The largest absolute Gasteiger partial charge is 0.508 e. The van der Waals surface area contributed by atoms with Crippen molar-refractivity contribution in [2.24, 2.45) is 0 Å². The zero-order valence-corrected chi connectivity index (χ0v) is 9.17. The van der Waals surface area contributed by atoms with E-state index in [1.54, 1.807) is 48.5 Å².